The Kier molecular flexibility index (Phi) is 5.86. The van der Waals surface area contributed by atoms with Gasteiger partial charge in [0.2, 0.25) is 0 Å². The Morgan fingerprint density at radius 3 is 2.35 bits per heavy atom. The smallest absolute Gasteiger partial charge is 0.147 e. The van der Waals surface area contributed by atoms with Gasteiger partial charge in [0.25, 0.3) is 0 Å². The van der Waals surface area contributed by atoms with Crippen LogP contribution in [0.1, 0.15) is 19.0 Å². The number of hydrogen-bond donors (Lipinski definition) is 1. The van der Waals surface area contributed by atoms with Gasteiger partial charge in [-0.1, -0.05) is 6.92 Å². The molecule has 5 nitrogen and oxygen atoms in total. The molecule has 0 bridgehead atoms. The third-order valence-electron chi connectivity index (χ3n) is 2.49. The molecule has 96 valence electrons. The standard InChI is InChI=1S/C12H22N4O/c1-4-5-16(7-6-15(2)3)12-9-13-11(10-17)8-14-12/h8-9,17H,4-7,10H2,1-3H3. The third kappa shape index (κ3) is 4.66. The van der Waals surface area contributed by atoms with Crippen LogP contribution in [0.25, 0.3) is 0 Å². The minimum absolute atomic E-state index is 0.0568. The number of aromatic nitrogens is 2. The van der Waals surface area contributed by atoms with Crippen molar-refractivity contribution in [2.75, 3.05) is 38.6 Å². The van der Waals surface area contributed by atoms with Crippen LogP contribution in [0.4, 0.5) is 5.82 Å². The van der Waals surface area contributed by atoms with Crippen LogP contribution in [0.3, 0.4) is 0 Å². The lowest BCUT2D eigenvalue weighted by atomic mass is 10.3. The van der Waals surface area contributed by atoms with Crippen molar-refractivity contribution in [3.8, 4) is 0 Å². The highest BCUT2D eigenvalue weighted by Gasteiger charge is 2.07. The summed E-state index contributed by atoms with van der Waals surface area (Å²) in [5, 5.41) is 8.92. The summed E-state index contributed by atoms with van der Waals surface area (Å²) in [6.07, 6.45) is 4.45. The van der Waals surface area contributed by atoms with Gasteiger partial charge >= 0.3 is 0 Å². The maximum atomic E-state index is 8.92. The summed E-state index contributed by atoms with van der Waals surface area (Å²) in [5.41, 5.74) is 0.609. The van der Waals surface area contributed by atoms with E-state index >= 15 is 0 Å². The first-order valence-electron chi connectivity index (χ1n) is 5.98. The second-order valence-corrected chi connectivity index (χ2v) is 4.31. The molecular weight excluding hydrogens is 216 g/mol. The highest BCUT2D eigenvalue weighted by atomic mass is 16.3. The minimum atomic E-state index is -0.0568. The first kappa shape index (κ1) is 13.9. The lowest BCUT2D eigenvalue weighted by Gasteiger charge is -2.24. The summed E-state index contributed by atoms with van der Waals surface area (Å²) in [6.45, 7) is 5.00. The lowest BCUT2D eigenvalue weighted by molar-refractivity contribution is 0.276. The van der Waals surface area contributed by atoms with Gasteiger partial charge in [-0.25, -0.2) is 4.98 Å². The molecule has 0 spiro atoms. The van der Waals surface area contributed by atoms with Crippen LogP contribution in [0.2, 0.25) is 0 Å². The lowest BCUT2D eigenvalue weighted by Crippen LogP contribution is -2.33. The Morgan fingerprint density at radius 1 is 1.12 bits per heavy atom. The van der Waals surface area contributed by atoms with Crippen molar-refractivity contribution in [1.29, 1.82) is 0 Å². The van der Waals surface area contributed by atoms with Gasteiger partial charge in [0.15, 0.2) is 0 Å². The fraction of sp³-hybridized carbons (Fsp3) is 0.667. The zero-order valence-electron chi connectivity index (χ0n) is 10.9. The van der Waals surface area contributed by atoms with E-state index in [1.807, 2.05) is 0 Å². The van der Waals surface area contributed by atoms with E-state index in [4.69, 9.17) is 5.11 Å². The Hall–Kier alpha value is -1.20. The molecule has 0 saturated carbocycles. The van der Waals surface area contributed by atoms with Crippen LogP contribution < -0.4 is 4.90 Å². The number of rotatable bonds is 7. The molecule has 0 radical (unpaired) electrons. The molecule has 0 aliphatic carbocycles. The van der Waals surface area contributed by atoms with Crippen LogP contribution >= 0.6 is 0 Å². The van der Waals surface area contributed by atoms with Crippen LogP contribution in [-0.4, -0.2) is 53.7 Å². The molecule has 0 unspecified atom stereocenters. The molecule has 1 aromatic heterocycles. The largest absolute Gasteiger partial charge is 0.390 e. The maximum Gasteiger partial charge on any atom is 0.147 e. The Balaban J connectivity index is 2.67. The normalized spacial score (nSPS) is 10.9. The number of hydrogen-bond acceptors (Lipinski definition) is 5. The summed E-state index contributed by atoms with van der Waals surface area (Å²) >= 11 is 0. The Bertz CT molecular complexity index is 313. The zero-order valence-corrected chi connectivity index (χ0v) is 10.9. The Labute approximate surface area is 103 Å². The molecule has 1 rings (SSSR count). The van der Waals surface area contributed by atoms with Gasteiger partial charge < -0.3 is 14.9 Å². The van der Waals surface area contributed by atoms with Gasteiger partial charge in [-0.2, -0.15) is 0 Å². The predicted octanol–water partition coefficient (Wildman–Crippen LogP) is 0.747. The second-order valence-electron chi connectivity index (χ2n) is 4.31. The summed E-state index contributed by atoms with van der Waals surface area (Å²) in [6, 6.07) is 0. The molecule has 0 fully saturated rings. The summed E-state index contributed by atoms with van der Waals surface area (Å²) in [5.74, 6) is 0.880. The quantitative estimate of drug-likeness (QED) is 0.759. The number of aliphatic hydroxyl groups excluding tert-OH is 1. The summed E-state index contributed by atoms with van der Waals surface area (Å²) < 4.78 is 0. The van der Waals surface area contributed by atoms with Gasteiger partial charge in [-0.15, -0.1) is 0 Å². The van der Waals surface area contributed by atoms with Crippen LogP contribution in [0, 0.1) is 0 Å². The topological polar surface area (TPSA) is 52.5 Å². The van der Waals surface area contributed by atoms with Crippen molar-refractivity contribution in [3.63, 3.8) is 0 Å². The van der Waals surface area contributed by atoms with E-state index < -0.39 is 0 Å². The molecule has 0 atom stereocenters. The second kappa shape index (κ2) is 7.19. The maximum absolute atomic E-state index is 8.92. The van der Waals surface area contributed by atoms with E-state index in [0.29, 0.717) is 5.69 Å². The van der Waals surface area contributed by atoms with Gasteiger partial charge in [-0.05, 0) is 20.5 Å². The predicted molar refractivity (Wildman–Crippen MR) is 69.0 cm³/mol. The molecule has 17 heavy (non-hydrogen) atoms. The zero-order chi connectivity index (χ0) is 12.7. The van der Waals surface area contributed by atoms with E-state index in [-0.39, 0.29) is 6.61 Å². The van der Waals surface area contributed by atoms with Crippen LogP contribution in [0.15, 0.2) is 12.4 Å². The third-order valence-corrected chi connectivity index (χ3v) is 2.49. The number of likely N-dealkylation sites (N-methyl/N-ethyl adjacent to an activating group) is 1. The molecule has 1 aromatic rings. The molecule has 0 amide bonds. The molecule has 0 aliphatic heterocycles. The van der Waals surface area contributed by atoms with E-state index in [1.165, 1.54) is 0 Å². The number of anilines is 1. The van der Waals surface area contributed by atoms with Crippen molar-refractivity contribution in [2.45, 2.75) is 20.0 Å². The highest BCUT2D eigenvalue weighted by molar-refractivity contribution is 5.35. The first-order chi connectivity index (χ1) is 8.17. The highest BCUT2D eigenvalue weighted by Crippen LogP contribution is 2.09. The minimum Gasteiger partial charge on any atom is -0.390 e. The van der Waals surface area contributed by atoms with Crippen molar-refractivity contribution >= 4 is 5.82 Å². The fourth-order valence-corrected chi connectivity index (χ4v) is 1.52. The van der Waals surface area contributed by atoms with E-state index in [9.17, 15) is 0 Å². The van der Waals surface area contributed by atoms with Crippen molar-refractivity contribution in [3.05, 3.63) is 18.1 Å². The SMILES string of the molecule is CCCN(CCN(C)C)c1cnc(CO)cn1. The van der Waals surface area contributed by atoms with Crippen LogP contribution in [-0.2, 0) is 6.61 Å². The molecule has 1 N–H and O–H groups in total. The molecular formula is C12H22N4O. The number of aliphatic hydroxyl groups is 1. The van der Waals surface area contributed by atoms with E-state index in [1.54, 1.807) is 12.4 Å². The first-order valence-corrected chi connectivity index (χ1v) is 5.98. The van der Waals surface area contributed by atoms with Gasteiger partial charge in [-0.3, -0.25) is 4.98 Å². The van der Waals surface area contributed by atoms with Crippen LogP contribution in [0.5, 0.6) is 0 Å². The Morgan fingerprint density at radius 2 is 1.88 bits per heavy atom. The van der Waals surface area contributed by atoms with Gasteiger partial charge in [0, 0.05) is 19.6 Å². The molecule has 1 heterocycles. The average molecular weight is 238 g/mol. The monoisotopic (exact) mass is 238 g/mol. The van der Waals surface area contributed by atoms with Crippen molar-refractivity contribution in [2.24, 2.45) is 0 Å². The van der Waals surface area contributed by atoms with Gasteiger partial charge in [0.05, 0.1) is 24.7 Å². The molecule has 0 aromatic carbocycles. The average Bonchev–Trinajstić information content (AvgIpc) is 2.34. The molecule has 0 saturated heterocycles. The fourth-order valence-electron chi connectivity index (χ4n) is 1.52. The van der Waals surface area contributed by atoms with Crippen molar-refractivity contribution < 1.29 is 5.11 Å². The summed E-state index contributed by atoms with van der Waals surface area (Å²) in [7, 11) is 4.12. The van der Waals surface area contributed by atoms with Crippen molar-refractivity contribution in [1.82, 2.24) is 14.9 Å². The summed E-state index contributed by atoms with van der Waals surface area (Å²) in [4.78, 5) is 12.9. The number of nitrogens with zero attached hydrogens (tertiary/aromatic N) is 4. The van der Waals surface area contributed by atoms with E-state index in [2.05, 4.69) is 40.8 Å². The van der Waals surface area contributed by atoms with Gasteiger partial charge in [0.1, 0.15) is 5.82 Å². The molecule has 5 heteroatoms. The molecule has 0 aliphatic rings. The van der Waals surface area contributed by atoms with E-state index in [0.717, 1.165) is 31.9 Å².